The SMILES string of the molecule is C=C(NS(=O)Cc1ccccc1)c1ccc(N2CCN(Cc3ccccc3Br)CC2)cc1. The van der Waals surface area contributed by atoms with Gasteiger partial charge in [0.1, 0.15) is 11.0 Å². The molecule has 1 atom stereocenters. The average molecular weight is 511 g/mol. The van der Waals surface area contributed by atoms with Gasteiger partial charge in [0.25, 0.3) is 0 Å². The second-order valence-corrected chi connectivity index (χ2v) is 10.00. The highest BCUT2D eigenvalue weighted by Crippen LogP contribution is 2.22. The van der Waals surface area contributed by atoms with E-state index in [1.54, 1.807) is 0 Å². The molecule has 6 heteroatoms. The molecular weight excluding hydrogens is 482 g/mol. The van der Waals surface area contributed by atoms with Crippen LogP contribution in [0.3, 0.4) is 0 Å². The maximum Gasteiger partial charge on any atom is 0.121 e. The smallest absolute Gasteiger partial charge is 0.121 e. The fraction of sp³-hybridized carbons (Fsp3) is 0.231. The van der Waals surface area contributed by atoms with Gasteiger partial charge in [-0.1, -0.05) is 83.2 Å². The highest BCUT2D eigenvalue weighted by Gasteiger charge is 2.18. The van der Waals surface area contributed by atoms with Gasteiger partial charge in [0.05, 0.1) is 5.75 Å². The maximum absolute atomic E-state index is 12.4. The molecule has 4 nitrogen and oxygen atoms in total. The van der Waals surface area contributed by atoms with Gasteiger partial charge < -0.3 is 9.62 Å². The van der Waals surface area contributed by atoms with Crippen molar-refractivity contribution in [2.45, 2.75) is 12.3 Å². The molecule has 1 fully saturated rings. The van der Waals surface area contributed by atoms with Gasteiger partial charge in [-0.25, -0.2) is 4.21 Å². The number of rotatable bonds is 8. The van der Waals surface area contributed by atoms with E-state index in [9.17, 15) is 4.21 Å². The van der Waals surface area contributed by atoms with Crippen LogP contribution in [0.25, 0.3) is 5.70 Å². The van der Waals surface area contributed by atoms with E-state index in [0.29, 0.717) is 11.4 Å². The molecule has 166 valence electrons. The normalized spacial score (nSPS) is 15.3. The third-order valence-corrected chi connectivity index (χ3v) is 7.53. The van der Waals surface area contributed by atoms with E-state index in [4.69, 9.17) is 0 Å². The standard InChI is InChI=1S/C26H28BrN3OS/c1-21(28-32(31)20-22-7-3-2-4-8-22)23-11-13-25(14-12-23)30-17-15-29(16-18-30)19-24-9-5-6-10-26(24)27/h2-14,28H,1,15-20H2. The second kappa shape index (κ2) is 10.9. The topological polar surface area (TPSA) is 35.6 Å². The Labute approximate surface area is 201 Å². The number of piperazine rings is 1. The van der Waals surface area contributed by atoms with Gasteiger partial charge in [0, 0.05) is 48.6 Å². The lowest BCUT2D eigenvalue weighted by atomic mass is 10.1. The van der Waals surface area contributed by atoms with E-state index in [1.807, 2.05) is 30.3 Å². The van der Waals surface area contributed by atoms with E-state index in [-0.39, 0.29) is 0 Å². The van der Waals surface area contributed by atoms with Gasteiger partial charge in [-0.05, 0) is 34.9 Å². The van der Waals surface area contributed by atoms with Crippen molar-refractivity contribution in [2.75, 3.05) is 31.1 Å². The highest BCUT2D eigenvalue weighted by atomic mass is 79.9. The Kier molecular flexibility index (Phi) is 7.79. The zero-order valence-corrected chi connectivity index (χ0v) is 20.4. The summed E-state index contributed by atoms with van der Waals surface area (Å²) < 4.78 is 16.6. The van der Waals surface area contributed by atoms with Crippen molar-refractivity contribution in [1.82, 2.24) is 9.62 Å². The summed E-state index contributed by atoms with van der Waals surface area (Å²) in [5, 5.41) is 0. The summed E-state index contributed by atoms with van der Waals surface area (Å²) >= 11 is 3.65. The average Bonchev–Trinajstić information content (AvgIpc) is 2.82. The monoisotopic (exact) mass is 509 g/mol. The molecule has 1 unspecified atom stereocenters. The Morgan fingerprint density at radius 3 is 2.25 bits per heavy atom. The van der Waals surface area contributed by atoms with E-state index < -0.39 is 11.0 Å². The minimum absolute atomic E-state index is 0.460. The Bertz CT molecular complexity index is 1060. The van der Waals surface area contributed by atoms with Crippen LogP contribution < -0.4 is 9.62 Å². The molecule has 1 saturated heterocycles. The molecule has 1 aliphatic heterocycles. The fourth-order valence-electron chi connectivity index (χ4n) is 3.86. The lowest BCUT2D eigenvalue weighted by molar-refractivity contribution is 0.249. The Morgan fingerprint density at radius 1 is 0.906 bits per heavy atom. The van der Waals surface area contributed by atoms with Crippen molar-refractivity contribution in [3.63, 3.8) is 0 Å². The molecular formula is C26H28BrN3OS. The van der Waals surface area contributed by atoms with Gasteiger partial charge in [-0.3, -0.25) is 4.90 Å². The zero-order valence-electron chi connectivity index (χ0n) is 18.0. The molecule has 1 aliphatic rings. The van der Waals surface area contributed by atoms with Gasteiger partial charge >= 0.3 is 0 Å². The van der Waals surface area contributed by atoms with E-state index in [0.717, 1.165) is 43.9 Å². The van der Waals surface area contributed by atoms with Crippen LogP contribution in [0.1, 0.15) is 16.7 Å². The minimum Gasteiger partial charge on any atom is -0.369 e. The number of halogens is 1. The fourth-order valence-corrected chi connectivity index (χ4v) is 5.23. The largest absolute Gasteiger partial charge is 0.369 e. The summed E-state index contributed by atoms with van der Waals surface area (Å²) in [6.45, 7) is 9.13. The summed E-state index contributed by atoms with van der Waals surface area (Å²) in [5.74, 6) is 0.460. The molecule has 0 aliphatic carbocycles. The second-order valence-electron chi connectivity index (χ2n) is 7.96. The molecule has 4 rings (SSSR count). The Hall–Kier alpha value is -2.41. The third kappa shape index (κ3) is 6.09. The first-order chi connectivity index (χ1) is 15.6. The van der Waals surface area contributed by atoms with Crippen LogP contribution in [0.2, 0.25) is 0 Å². The number of nitrogens with one attached hydrogen (secondary N) is 1. The summed E-state index contributed by atoms with van der Waals surface area (Å²) in [6, 6.07) is 26.6. The number of hydrogen-bond donors (Lipinski definition) is 1. The quantitative estimate of drug-likeness (QED) is 0.453. The van der Waals surface area contributed by atoms with Crippen LogP contribution in [0.5, 0.6) is 0 Å². The number of nitrogens with zero attached hydrogens (tertiary/aromatic N) is 2. The summed E-state index contributed by atoms with van der Waals surface area (Å²) in [5.41, 5.74) is 5.24. The Balaban J connectivity index is 1.28. The maximum atomic E-state index is 12.4. The van der Waals surface area contributed by atoms with Crippen molar-refractivity contribution in [3.05, 3.63) is 107 Å². The molecule has 0 bridgehead atoms. The molecule has 1 N–H and O–H groups in total. The molecule has 0 amide bonds. The van der Waals surface area contributed by atoms with Gasteiger partial charge in [-0.2, -0.15) is 0 Å². The lowest BCUT2D eigenvalue weighted by Crippen LogP contribution is -2.46. The van der Waals surface area contributed by atoms with Crippen LogP contribution >= 0.6 is 15.9 Å². The summed E-state index contributed by atoms with van der Waals surface area (Å²) in [6.07, 6.45) is 0. The van der Waals surface area contributed by atoms with Crippen molar-refractivity contribution in [1.29, 1.82) is 0 Å². The molecule has 3 aromatic rings. The number of hydrogen-bond acceptors (Lipinski definition) is 3. The van der Waals surface area contributed by atoms with Crippen LogP contribution in [-0.4, -0.2) is 35.3 Å². The van der Waals surface area contributed by atoms with Crippen molar-refractivity contribution in [2.24, 2.45) is 0 Å². The lowest BCUT2D eigenvalue weighted by Gasteiger charge is -2.36. The van der Waals surface area contributed by atoms with E-state index >= 15 is 0 Å². The van der Waals surface area contributed by atoms with Crippen LogP contribution in [0, 0.1) is 0 Å². The minimum atomic E-state index is -1.20. The van der Waals surface area contributed by atoms with Crippen LogP contribution in [0.4, 0.5) is 5.69 Å². The number of anilines is 1. The summed E-state index contributed by atoms with van der Waals surface area (Å²) in [4.78, 5) is 4.92. The first kappa shape index (κ1) is 22.8. The molecule has 0 radical (unpaired) electrons. The zero-order chi connectivity index (χ0) is 22.3. The van der Waals surface area contributed by atoms with Crippen molar-refractivity contribution >= 4 is 38.3 Å². The molecule has 0 aromatic heterocycles. The van der Waals surface area contributed by atoms with E-state index in [2.05, 4.69) is 85.6 Å². The first-order valence-electron chi connectivity index (χ1n) is 10.8. The van der Waals surface area contributed by atoms with Gasteiger partial charge in [0.15, 0.2) is 0 Å². The van der Waals surface area contributed by atoms with Crippen LogP contribution in [-0.2, 0) is 23.3 Å². The molecule has 32 heavy (non-hydrogen) atoms. The molecule has 3 aromatic carbocycles. The number of benzene rings is 3. The van der Waals surface area contributed by atoms with Gasteiger partial charge in [-0.15, -0.1) is 0 Å². The van der Waals surface area contributed by atoms with E-state index in [1.165, 1.54) is 15.7 Å². The molecule has 0 saturated carbocycles. The van der Waals surface area contributed by atoms with Crippen molar-refractivity contribution in [3.8, 4) is 0 Å². The molecule has 0 spiro atoms. The summed E-state index contributed by atoms with van der Waals surface area (Å²) in [7, 11) is -1.20. The predicted molar refractivity (Wildman–Crippen MR) is 139 cm³/mol. The Morgan fingerprint density at radius 2 is 1.56 bits per heavy atom. The van der Waals surface area contributed by atoms with Gasteiger partial charge in [0.2, 0.25) is 0 Å². The predicted octanol–water partition coefficient (Wildman–Crippen LogP) is 5.20. The first-order valence-corrected chi connectivity index (χ1v) is 12.9. The van der Waals surface area contributed by atoms with Crippen molar-refractivity contribution < 1.29 is 4.21 Å². The molecule has 1 heterocycles. The van der Waals surface area contributed by atoms with Crippen LogP contribution in [0.15, 0.2) is 89.9 Å². The highest BCUT2D eigenvalue weighted by molar-refractivity contribution is 9.10. The third-order valence-electron chi connectivity index (χ3n) is 5.68.